The van der Waals surface area contributed by atoms with Crippen molar-refractivity contribution < 1.29 is 9.84 Å². The summed E-state index contributed by atoms with van der Waals surface area (Å²) in [6.07, 6.45) is 1.34. The monoisotopic (exact) mass is 256 g/mol. The first-order chi connectivity index (χ1) is 8.46. The van der Waals surface area contributed by atoms with Gasteiger partial charge in [-0.05, 0) is 20.4 Å². The molecule has 1 heterocycles. The molecule has 18 heavy (non-hydrogen) atoms. The molecule has 0 aromatic carbocycles. The summed E-state index contributed by atoms with van der Waals surface area (Å²) in [4.78, 5) is 4.74. The number of piperazine rings is 1. The van der Waals surface area contributed by atoms with Crippen molar-refractivity contribution in [2.45, 2.75) is 32.5 Å². The second kappa shape index (κ2) is 7.24. The van der Waals surface area contributed by atoms with E-state index >= 15 is 0 Å². The summed E-state index contributed by atoms with van der Waals surface area (Å²) in [5.74, 6) is 0. The lowest BCUT2D eigenvalue weighted by molar-refractivity contribution is -0.0448. The molecule has 0 radical (unpaired) electrons. The van der Waals surface area contributed by atoms with Crippen LogP contribution in [0.5, 0.6) is 0 Å². The highest BCUT2D eigenvalue weighted by Crippen LogP contribution is 2.11. The van der Waals surface area contributed by atoms with Gasteiger partial charge in [-0.1, -0.05) is 13.0 Å². The van der Waals surface area contributed by atoms with E-state index in [-0.39, 0.29) is 5.60 Å². The maximum absolute atomic E-state index is 9.97. The Balaban J connectivity index is 2.21. The third-order valence-electron chi connectivity index (χ3n) is 3.52. The lowest BCUT2D eigenvalue weighted by Crippen LogP contribution is -2.49. The number of likely N-dealkylation sites (N-methyl/N-ethyl adjacent to an activating group) is 1. The molecule has 0 aliphatic carbocycles. The number of ether oxygens (including phenoxy) is 1. The van der Waals surface area contributed by atoms with Crippen LogP contribution in [0.2, 0.25) is 0 Å². The second-order valence-electron chi connectivity index (χ2n) is 5.51. The number of aliphatic hydroxyl groups excluding tert-OH is 1. The van der Waals surface area contributed by atoms with Crippen LogP contribution in [0, 0.1) is 0 Å². The van der Waals surface area contributed by atoms with Crippen molar-refractivity contribution in [2.24, 2.45) is 0 Å². The van der Waals surface area contributed by atoms with E-state index in [1.54, 1.807) is 6.08 Å². The molecular weight excluding hydrogens is 228 g/mol. The number of β-amino-alcohol motifs (C(OH)–C–C–N with tert-alkyl or cyclic N) is 1. The zero-order valence-electron chi connectivity index (χ0n) is 12.1. The van der Waals surface area contributed by atoms with Gasteiger partial charge in [-0.2, -0.15) is 0 Å². The lowest BCUT2D eigenvalue weighted by Gasteiger charge is -2.35. The highest BCUT2D eigenvalue weighted by Gasteiger charge is 2.20. The molecule has 106 valence electrons. The number of aliphatic hydroxyl groups is 1. The molecule has 1 aliphatic heterocycles. The summed E-state index contributed by atoms with van der Waals surface area (Å²) >= 11 is 0. The molecule has 0 aromatic rings. The lowest BCUT2D eigenvalue weighted by atomic mass is 10.1. The smallest absolute Gasteiger partial charge is 0.0900 e. The summed E-state index contributed by atoms with van der Waals surface area (Å²) in [5, 5.41) is 9.97. The van der Waals surface area contributed by atoms with Crippen molar-refractivity contribution >= 4 is 0 Å². The van der Waals surface area contributed by atoms with E-state index in [2.05, 4.69) is 23.3 Å². The zero-order chi connectivity index (χ0) is 13.6. The van der Waals surface area contributed by atoms with Gasteiger partial charge in [0.1, 0.15) is 0 Å². The van der Waals surface area contributed by atoms with E-state index in [4.69, 9.17) is 4.74 Å². The molecule has 4 nitrogen and oxygen atoms in total. The molecule has 0 bridgehead atoms. The van der Waals surface area contributed by atoms with E-state index in [1.807, 2.05) is 13.8 Å². The summed E-state index contributed by atoms with van der Waals surface area (Å²) in [6.45, 7) is 16.3. The molecule has 1 aliphatic rings. The average molecular weight is 256 g/mol. The van der Waals surface area contributed by atoms with Gasteiger partial charge >= 0.3 is 0 Å². The highest BCUT2D eigenvalue weighted by atomic mass is 16.5. The summed E-state index contributed by atoms with van der Waals surface area (Å²) in [6, 6.07) is 0. The van der Waals surface area contributed by atoms with Crippen LogP contribution in [0.15, 0.2) is 12.7 Å². The fourth-order valence-corrected chi connectivity index (χ4v) is 2.01. The van der Waals surface area contributed by atoms with Gasteiger partial charge in [0.15, 0.2) is 0 Å². The van der Waals surface area contributed by atoms with Gasteiger partial charge in [-0.25, -0.2) is 0 Å². The maximum Gasteiger partial charge on any atom is 0.0900 e. The van der Waals surface area contributed by atoms with E-state index < -0.39 is 6.10 Å². The first-order valence-electron chi connectivity index (χ1n) is 6.87. The second-order valence-corrected chi connectivity index (χ2v) is 5.51. The Morgan fingerprint density at radius 1 is 1.28 bits per heavy atom. The molecule has 1 N–H and O–H groups in total. The molecule has 4 heteroatoms. The van der Waals surface area contributed by atoms with Crippen molar-refractivity contribution in [2.75, 3.05) is 45.9 Å². The highest BCUT2D eigenvalue weighted by molar-refractivity contribution is 4.89. The molecular formula is C14H28N2O2. The van der Waals surface area contributed by atoms with Crippen molar-refractivity contribution in [1.29, 1.82) is 0 Å². The van der Waals surface area contributed by atoms with Crippen molar-refractivity contribution in [3.05, 3.63) is 12.7 Å². The summed E-state index contributed by atoms with van der Waals surface area (Å²) < 4.78 is 5.62. The minimum atomic E-state index is -0.419. The minimum absolute atomic E-state index is 0.359. The quantitative estimate of drug-likeness (QED) is 0.689. The third-order valence-corrected chi connectivity index (χ3v) is 3.52. The Bertz CT molecular complexity index is 248. The van der Waals surface area contributed by atoms with E-state index in [0.717, 1.165) is 32.7 Å². The molecule has 1 rings (SSSR count). The number of rotatable bonds is 7. The zero-order valence-corrected chi connectivity index (χ0v) is 12.1. The van der Waals surface area contributed by atoms with Gasteiger partial charge in [0.25, 0.3) is 0 Å². The van der Waals surface area contributed by atoms with Gasteiger partial charge < -0.3 is 14.7 Å². The Morgan fingerprint density at radius 3 is 2.33 bits per heavy atom. The number of hydrogen-bond acceptors (Lipinski definition) is 4. The summed E-state index contributed by atoms with van der Waals surface area (Å²) in [5.41, 5.74) is -0.359. The van der Waals surface area contributed by atoms with Crippen LogP contribution in [-0.4, -0.2) is 72.5 Å². The molecule has 1 atom stereocenters. The fraction of sp³-hybridized carbons (Fsp3) is 0.857. The molecule has 0 spiro atoms. The van der Waals surface area contributed by atoms with Crippen LogP contribution in [0.1, 0.15) is 20.8 Å². The van der Waals surface area contributed by atoms with Crippen LogP contribution in [0.3, 0.4) is 0 Å². The first-order valence-corrected chi connectivity index (χ1v) is 6.87. The van der Waals surface area contributed by atoms with Crippen molar-refractivity contribution in [1.82, 2.24) is 9.80 Å². The predicted octanol–water partition coefficient (Wildman–Crippen LogP) is 0.966. The molecule has 1 fully saturated rings. The fourth-order valence-electron chi connectivity index (χ4n) is 2.01. The standard InChI is InChI=1S/C14H28N2O2/c1-5-14(3,4)18-12-13(17)11-16-9-7-15(6-2)8-10-16/h5,13,17H,1,6-12H2,2-4H3. The normalized spacial score (nSPS) is 20.9. The van der Waals surface area contributed by atoms with Crippen LogP contribution < -0.4 is 0 Å². The van der Waals surface area contributed by atoms with E-state index in [9.17, 15) is 5.11 Å². The Hall–Kier alpha value is -0.420. The van der Waals surface area contributed by atoms with Gasteiger partial charge in [-0.15, -0.1) is 6.58 Å². The predicted molar refractivity (Wildman–Crippen MR) is 74.8 cm³/mol. The molecule has 1 unspecified atom stereocenters. The Morgan fingerprint density at radius 2 is 1.83 bits per heavy atom. The van der Waals surface area contributed by atoms with Gasteiger partial charge in [0.05, 0.1) is 18.3 Å². The number of nitrogens with zero attached hydrogens (tertiary/aromatic N) is 2. The third kappa shape index (κ3) is 5.48. The van der Waals surface area contributed by atoms with Gasteiger partial charge in [0, 0.05) is 32.7 Å². The van der Waals surface area contributed by atoms with Crippen LogP contribution in [0.4, 0.5) is 0 Å². The van der Waals surface area contributed by atoms with Crippen LogP contribution in [-0.2, 0) is 4.74 Å². The summed E-state index contributed by atoms with van der Waals surface area (Å²) in [7, 11) is 0. The van der Waals surface area contributed by atoms with Crippen molar-refractivity contribution in [3.8, 4) is 0 Å². The van der Waals surface area contributed by atoms with Crippen LogP contribution >= 0.6 is 0 Å². The minimum Gasteiger partial charge on any atom is -0.389 e. The van der Waals surface area contributed by atoms with Gasteiger partial charge in [0.2, 0.25) is 0 Å². The average Bonchev–Trinajstić information content (AvgIpc) is 2.37. The molecule has 0 saturated carbocycles. The molecule has 1 saturated heterocycles. The van der Waals surface area contributed by atoms with E-state index in [1.165, 1.54) is 0 Å². The Labute approximate surface area is 111 Å². The van der Waals surface area contributed by atoms with Crippen LogP contribution in [0.25, 0.3) is 0 Å². The first kappa shape index (κ1) is 15.6. The maximum atomic E-state index is 9.97. The largest absolute Gasteiger partial charge is 0.389 e. The van der Waals surface area contributed by atoms with Gasteiger partial charge in [-0.3, -0.25) is 4.90 Å². The topological polar surface area (TPSA) is 35.9 Å². The number of hydrogen-bond donors (Lipinski definition) is 1. The molecule has 0 aromatic heterocycles. The Kier molecular flexibility index (Phi) is 6.29. The molecule has 0 amide bonds. The SMILES string of the molecule is C=CC(C)(C)OCC(O)CN1CCN(CC)CC1. The van der Waals surface area contributed by atoms with Crippen molar-refractivity contribution in [3.63, 3.8) is 0 Å². The van der Waals surface area contributed by atoms with E-state index in [0.29, 0.717) is 13.2 Å².